The molecule has 1 aromatic carbocycles. The van der Waals surface area contributed by atoms with E-state index in [0.717, 1.165) is 25.8 Å². The summed E-state index contributed by atoms with van der Waals surface area (Å²) in [6.07, 6.45) is 3.43. The second kappa shape index (κ2) is 7.04. The normalized spacial score (nSPS) is 19.9. The summed E-state index contributed by atoms with van der Waals surface area (Å²) in [6, 6.07) is 4.81. The molecule has 0 N–H and O–H groups in total. The van der Waals surface area contributed by atoms with Crippen molar-refractivity contribution in [1.29, 1.82) is 0 Å². The summed E-state index contributed by atoms with van der Waals surface area (Å²) in [5, 5.41) is 0.437. The van der Waals surface area contributed by atoms with Crippen LogP contribution in [0.25, 0.3) is 0 Å². The van der Waals surface area contributed by atoms with E-state index in [1.807, 2.05) is 0 Å². The maximum Gasteiger partial charge on any atom is 0.307 e. The molecule has 20 heavy (non-hydrogen) atoms. The largest absolute Gasteiger partial charge is 0.469 e. The number of likely N-dealkylation sites (tertiary alicyclic amines) is 1. The van der Waals surface area contributed by atoms with Crippen LogP contribution in [-0.2, 0) is 16.1 Å². The number of halogens is 2. The Hall–Kier alpha value is -1.13. The summed E-state index contributed by atoms with van der Waals surface area (Å²) in [5.74, 6) is -0.513. The van der Waals surface area contributed by atoms with Gasteiger partial charge in [-0.15, -0.1) is 0 Å². The average molecular weight is 300 g/mol. The number of esters is 1. The molecule has 1 aliphatic heterocycles. The van der Waals surface area contributed by atoms with Crippen molar-refractivity contribution in [2.45, 2.75) is 38.3 Å². The summed E-state index contributed by atoms with van der Waals surface area (Å²) >= 11 is 6.07. The number of hydrogen-bond acceptors (Lipinski definition) is 3. The minimum atomic E-state index is -0.292. The Bertz CT molecular complexity index is 461. The lowest BCUT2D eigenvalue weighted by molar-refractivity contribution is -0.142. The molecule has 0 aromatic heterocycles. The van der Waals surface area contributed by atoms with Gasteiger partial charge in [-0.3, -0.25) is 9.69 Å². The molecule has 0 bridgehead atoms. The fourth-order valence-corrected chi connectivity index (χ4v) is 2.88. The number of benzene rings is 1. The fraction of sp³-hybridized carbons (Fsp3) is 0.533. The number of carbonyl (C=O) groups is 1. The van der Waals surface area contributed by atoms with E-state index in [-0.39, 0.29) is 17.8 Å². The number of nitrogens with zero attached hydrogens (tertiary/aromatic N) is 1. The van der Waals surface area contributed by atoms with Crippen LogP contribution in [-0.4, -0.2) is 30.6 Å². The molecule has 0 spiro atoms. The van der Waals surface area contributed by atoms with Gasteiger partial charge in [-0.2, -0.15) is 0 Å². The minimum absolute atomic E-state index is 0.104. The molecular weight excluding hydrogens is 281 g/mol. The van der Waals surface area contributed by atoms with Crippen molar-refractivity contribution in [2.75, 3.05) is 13.7 Å². The Balaban J connectivity index is 2.10. The Morgan fingerprint density at radius 1 is 1.50 bits per heavy atom. The van der Waals surface area contributed by atoms with Gasteiger partial charge >= 0.3 is 5.97 Å². The fourth-order valence-electron chi connectivity index (χ4n) is 2.66. The number of ether oxygens (including phenoxy) is 1. The number of rotatable bonds is 4. The summed E-state index contributed by atoms with van der Waals surface area (Å²) in [7, 11) is 1.39. The van der Waals surface area contributed by atoms with Crippen molar-refractivity contribution in [1.82, 2.24) is 4.90 Å². The van der Waals surface area contributed by atoms with E-state index in [2.05, 4.69) is 4.90 Å². The number of piperidine rings is 1. The van der Waals surface area contributed by atoms with Gasteiger partial charge in [-0.05, 0) is 31.5 Å². The first kappa shape index (κ1) is 15.3. The molecule has 5 heteroatoms. The zero-order chi connectivity index (χ0) is 14.5. The van der Waals surface area contributed by atoms with E-state index < -0.39 is 0 Å². The van der Waals surface area contributed by atoms with Gasteiger partial charge in [0.15, 0.2) is 0 Å². The lowest BCUT2D eigenvalue weighted by Gasteiger charge is -2.35. The topological polar surface area (TPSA) is 29.5 Å². The van der Waals surface area contributed by atoms with E-state index in [1.54, 1.807) is 12.1 Å². The number of methoxy groups -OCH3 is 1. The van der Waals surface area contributed by atoms with Gasteiger partial charge in [-0.1, -0.05) is 24.1 Å². The molecule has 110 valence electrons. The molecule has 1 unspecified atom stereocenters. The number of carbonyl (C=O) groups excluding carboxylic acids is 1. The molecule has 0 aliphatic carbocycles. The summed E-state index contributed by atoms with van der Waals surface area (Å²) in [6.45, 7) is 1.29. The maximum atomic E-state index is 13.9. The first-order valence-corrected chi connectivity index (χ1v) is 7.23. The van der Waals surface area contributed by atoms with E-state index in [1.165, 1.54) is 13.2 Å². The van der Waals surface area contributed by atoms with Crippen LogP contribution in [0.5, 0.6) is 0 Å². The highest BCUT2D eigenvalue weighted by molar-refractivity contribution is 6.31. The van der Waals surface area contributed by atoms with Gasteiger partial charge in [0.2, 0.25) is 0 Å². The highest BCUT2D eigenvalue weighted by Crippen LogP contribution is 2.26. The van der Waals surface area contributed by atoms with Crippen molar-refractivity contribution in [3.05, 3.63) is 34.6 Å². The van der Waals surface area contributed by atoms with Crippen molar-refractivity contribution in [3.63, 3.8) is 0 Å². The van der Waals surface area contributed by atoms with E-state index in [9.17, 15) is 9.18 Å². The molecule has 3 nitrogen and oxygen atoms in total. The number of hydrogen-bond donors (Lipinski definition) is 0. The molecule has 1 aliphatic rings. The molecule has 0 amide bonds. The minimum Gasteiger partial charge on any atom is -0.469 e. The third kappa shape index (κ3) is 3.70. The molecular formula is C15H19ClFNO2. The van der Waals surface area contributed by atoms with Gasteiger partial charge in [0, 0.05) is 23.2 Å². The smallest absolute Gasteiger partial charge is 0.307 e. The molecule has 0 saturated carbocycles. The monoisotopic (exact) mass is 299 g/mol. The van der Waals surface area contributed by atoms with Crippen LogP contribution >= 0.6 is 11.6 Å². The highest BCUT2D eigenvalue weighted by atomic mass is 35.5. The van der Waals surface area contributed by atoms with Gasteiger partial charge in [0.05, 0.1) is 13.5 Å². The Labute approximate surface area is 123 Å². The van der Waals surface area contributed by atoms with Crippen molar-refractivity contribution in [2.24, 2.45) is 0 Å². The second-order valence-corrected chi connectivity index (χ2v) is 5.51. The molecule has 1 fully saturated rings. The van der Waals surface area contributed by atoms with Crippen molar-refractivity contribution < 1.29 is 13.9 Å². The quantitative estimate of drug-likeness (QED) is 0.798. The predicted octanol–water partition coefficient (Wildman–Crippen LogP) is 3.40. The molecule has 1 aromatic rings. The summed E-state index contributed by atoms with van der Waals surface area (Å²) in [4.78, 5) is 13.6. The lowest BCUT2D eigenvalue weighted by atomic mass is 9.98. The molecule has 0 radical (unpaired) electrons. The van der Waals surface area contributed by atoms with E-state index in [0.29, 0.717) is 23.6 Å². The highest BCUT2D eigenvalue weighted by Gasteiger charge is 2.26. The zero-order valence-electron chi connectivity index (χ0n) is 11.6. The first-order chi connectivity index (χ1) is 9.61. The van der Waals surface area contributed by atoms with E-state index in [4.69, 9.17) is 16.3 Å². The Morgan fingerprint density at radius 3 is 3.00 bits per heavy atom. The summed E-state index contributed by atoms with van der Waals surface area (Å²) in [5.41, 5.74) is 0.505. The van der Waals surface area contributed by atoms with Crippen LogP contribution in [0, 0.1) is 5.82 Å². The van der Waals surface area contributed by atoms with Crippen LogP contribution < -0.4 is 0 Å². The van der Waals surface area contributed by atoms with Gasteiger partial charge in [0.25, 0.3) is 0 Å². The standard InChI is InChI=1S/C15H19ClFNO2/c1-20-15(19)9-11-5-2-3-8-18(11)10-12-13(16)6-4-7-14(12)17/h4,6-7,11H,2-3,5,8-10H2,1H3. The SMILES string of the molecule is COC(=O)CC1CCCCN1Cc1c(F)cccc1Cl. The first-order valence-electron chi connectivity index (χ1n) is 6.85. The molecule has 2 rings (SSSR count). The van der Waals surface area contributed by atoms with E-state index >= 15 is 0 Å². The molecule has 1 saturated heterocycles. The maximum absolute atomic E-state index is 13.9. The Kier molecular flexibility index (Phi) is 5.38. The van der Waals surface area contributed by atoms with Crippen molar-refractivity contribution >= 4 is 17.6 Å². The van der Waals surface area contributed by atoms with Crippen LogP contribution in [0.1, 0.15) is 31.2 Å². The predicted molar refractivity (Wildman–Crippen MR) is 76.1 cm³/mol. The molecule has 1 atom stereocenters. The molecule has 1 heterocycles. The Morgan fingerprint density at radius 2 is 2.30 bits per heavy atom. The lowest BCUT2D eigenvalue weighted by Crippen LogP contribution is -2.40. The van der Waals surface area contributed by atoms with Gasteiger partial charge in [0.1, 0.15) is 5.82 Å². The third-order valence-electron chi connectivity index (χ3n) is 3.80. The van der Waals surface area contributed by atoms with Crippen LogP contribution in [0.4, 0.5) is 4.39 Å². The second-order valence-electron chi connectivity index (χ2n) is 5.10. The zero-order valence-corrected chi connectivity index (χ0v) is 12.3. The van der Waals surface area contributed by atoms with Crippen LogP contribution in [0.2, 0.25) is 5.02 Å². The average Bonchev–Trinajstić information content (AvgIpc) is 2.44. The van der Waals surface area contributed by atoms with Crippen molar-refractivity contribution in [3.8, 4) is 0 Å². The van der Waals surface area contributed by atoms with Gasteiger partial charge in [-0.25, -0.2) is 4.39 Å². The van der Waals surface area contributed by atoms with Crippen LogP contribution in [0.3, 0.4) is 0 Å². The van der Waals surface area contributed by atoms with Crippen LogP contribution in [0.15, 0.2) is 18.2 Å². The third-order valence-corrected chi connectivity index (χ3v) is 4.16. The van der Waals surface area contributed by atoms with Gasteiger partial charge < -0.3 is 4.74 Å². The summed E-state index contributed by atoms with van der Waals surface area (Å²) < 4.78 is 18.6.